The highest BCUT2D eigenvalue weighted by Crippen LogP contribution is 2.26. The minimum absolute atomic E-state index is 0.0502. The van der Waals surface area contributed by atoms with Gasteiger partial charge in [-0.3, -0.25) is 0 Å². The van der Waals surface area contributed by atoms with E-state index in [1.165, 1.54) is 11.9 Å². The number of nitrogens with one attached hydrogen (secondary N) is 1. The second-order valence-electron chi connectivity index (χ2n) is 5.74. The fraction of sp³-hybridized carbons (Fsp3) is 0.533. The lowest BCUT2D eigenvalue weighted by molar-refractivity contribution is 0.114. The Kier molecular flexibility index (Phi) is 5.46. The summed E-state index contributed by atoms with van der Waals surface area (Å²) in [7, 11) is 1.47. The molecule has 128 valence electrons. The minimum atomic E-state index is -1.53. The molecular weight excluding hydrogens is 316 g/mol. The topological polar surface area (TPSA) is 52.6 Å². The molecule has 0 unspecified atom stereocenters. The molecular formula is C15H18F4N2O2. The predicted molar refractivity (Wildman–Crippen MR) is 74.5 cm³/mol. The van der Waals surface area contributed by atoms with Gasteiger partial charge in [-0.2, -0.15) is 0 Å². The van der Waals surface area contributed by atoms with Gasteiger partial charge in [0.1, 0.15) is 0 Å². The second-order valence-corrected chi connectivity index (χ2v) is 5.74. The van der Waals surface area contributed by atoms with Crippen molar-refractivity contribution in [2.75, 3.05) is 13.6 Å². The molecule has 2 amide bonds. The molecule has 1 fully saturated rings. The largest absolute Gasteiger partial charge is 0.393 e. The van der Waals surface area contributed by atoms with Crippen LogP contribution in [0.4, 0.5) is 22.4 Å². The van der Waals surface area contributed by atoms with E-state index in [0.29, 0.717) is 6.42 Å². The average Bonchev–Trinajstić information content (AvgIpc) is 2.90. The first kappa shape index (κ1) is 17.5. The summed E-state index contributed by atoms with van der Waals surface area (Å²) in [6.07, 6.45) is 1.87. The predicted octanol–water partition coefficient (Wildman–Crippen LogP) is 2.55. The van der Waals surface area contributed by atoms with Crippen LogP contribution in [0.15, 0.2) is 6.07 Å². The number of rotatable bonds is 4. The number of aliphatic hydroxyl groups is 1. The van der Waals surface area contributed by atoms with Crippen molar-refractivity contribution < 1.29 is 27.5 Å². The molecule has 0 saturated heterocycles. The summed E-state index contributed by atoms with van der Waals surface area (Å²) in [5.41, 5.74) is -0.870. The maximum Gasteiger partial charge on any atom is 0.317 e. The van der Waals surface area contributed by atoms with Gasteiger partial charge in [0.25, 0.3) is 0 Å². The maximum atomic E-state index is 13.5. The average molecular weight is 334 g/mol. The van der Waals surface area contributed by atoms with Gasteiger partial charge in [0.15, 0.2) is 23.3 Å². The zero-order valence-corrected chi connectivity index (χ0v) is 12.6. The summed E-state index contributed by atoms with van der Waals surface area (Å²) in [5, 5.41) is 11.9. The highest BCUT2D eigenvalue weighted by molar-refractivity contribution is 5.73. The molecule has 2 N–H and O–H groups in total. The first-order valence-electron chi connectivity index (χ1n) is 7.30. The third-order valence-corrected chi connectivity index (χ3v) is 4.09. The van der Waals surface area contributed by atoms with E-state index in [1.807, 2.05) is 0 Å². The number of urea groups is 1. The molecule has 2 atom stereocenters. The SMILES string of the molecule is CN(C[C@@H]1CCC[C@@H]1O)C(=O)NCc1c(F)c(F)cc(F)c1F. The van der Waals surface area contributed by atoms with Crippen LogP contribution in [0.2, 0.25) is 0 Å². The van der Waals surface area contributed by atoms with Crippen LogP contribution >= 0.6 is 0 Å². The number of carbonyl (C=O) groups is 1. The first-order chi connectivity index (χ1) is 10.8. The Morgan fingerprint density at radius 3 is 2.39 bits per heavy atom. The second kappa shape index (κ2) is 7.16. The van der Waals surface area contributed by atoms with Crippen molar-refractivity contribution in [3.8, 4) is 0 Å². The van der Waals surface area contributed by atoms with Gasteiger partial charge in [0.2, 0.25) is 0 Å². The Hall–Kier alpha value is -1.83. The van der Waals surface area contributed by atoms with E-state index >= 15 is 0 Å². The van der Waals surface area contributed by atoms with Crippen LogP contribution in [-0.4, -0.2) is 35.7 Å². The third kappa shape index (κ3) is 3.93. The molecule has 1 aromatic rings. The number of nitrogens with zero attached hydrogens (tertiary/aromatic N) is 1. The monoisotopic (exact) mass is 334 g/mol. The molecule has 0 spiro atoms. The molecule has 1 aliphatic carbocycles. The van der Waals surface area contributed by atoms with Gasteiger partial charge in [0.05, 0.1) is 12.6 Å². The zero-order valence-electron chi connectivity index (χ0n) is 12.6. The normalized spacial score (nSPS) is 20.6. The summed E-state index contributed by atoms with van der Waals surface area (Å²) < 4.78 is 53.2. The van der Waals surface area contributed by atoms with Crippen molar-refractivity contribution in [1.29, 1.82) is 0 Å². The van der Waals surface area contributed by atoms with E-state index in [4.69, 9.17) is 0 Å². The molecule has 8 heteroatoms. The lowest BCUT2D eigenvalue weighted by atomic mass is 10.1. The van der Waals surface area contributed by atoms with Crippen LogP contribution < -0.4 is 5.32 Å². The quantitative estimate of drug-likeness (QED) is 0.657. The van der Waals surface area contributed by atoms with E-state index in [-0.39, 0.29) is 18.5 Å². The Morgan fingerprint density at radius 2 is 1.87 bits per heavy atom. The van der Waals surface area contributed by atoms with Crippen molar-refractivity contribution in [3.63, 3.8) is 0 Å². The number of carbonyl (C=O) groups excluding carboxylic acids is 1. The molecule has 0 aromatic heterocycles. The van der Waals surface area contributed by atoms with Crippen LogP contribution in [0.25, 0.3) is 0 Å². The van der Waals surface area contributed by atoms with Gasteiger partial charge < -0.3 is 15.3 Å². The van der Waals surface area contributed by atoms with E-state index in [0.717, 1.165) is 12.8 Å². The Morgan fingerprint density at radius 1 is 1.26 bits per heavy atom. The molecule has 0 radical (unpaired) electrons. The van der Waals surface area contributed by atoms with Gasteiger partial charge in [-0.25, -0.2) is 22.4 Å². The maximum absolute atomic E-state index is 13.5. The van der Waals surface area contributed by atoms with Gasteiger partial charge in [0, 0.05) is 31.1 Å². The Labute approximate surface area is 131 Å². The zero-order chi connectivity index (χ0) is 17.1. The van der Waals surface area contributed by atoms with E-state index < -0.39 is 47.5 Å². The van der Waals surface area contributed by atoms with Crippen LogP contribution in [-0.2, 0) is 6.54 Å². The highest BCUT2D eigenvalue weighted by Gasteiger charge is 2.27. The minimum Gasteiger partial charge on any atom is -0.393 e. The van der Waals surface area contributed by atoms with Crippen LogP contribution in [0.5, 0.6) is 0 Å². The number of amides is 2. The van der Waals surface area contributed by atoms with Gasteiger partial charge >= 0.3 is 6.03 Å². The molecule has 1 saturated carbocycles. The first-order valence-corrected chi connectivity index (χ1v) is 7.30. The molecule has 23 heavy (non-hydrogen) atoms. The van der Waals surface area contributed by atoms with Crippen LogP contribution in [0.3, 0.4) is 0 Å². The van der Waals surface area contributed by atoms with Gasteiger partial charge in [-0.05, 0) is 12.8 Å². The molecule has 1 aromatic carbocycles. The van der Waals surface area contributed by atoms with Gasteiger partial charge in [-0.15, -0.1) is 0 Å². The third-order valence-electron chi connectivity index (χ3n) is 4.09. The van der Waals surface area contributed by atoms with E-state index in [1.54, 1.807) is 0 Å². The number of aliphatic hydroxyl groups excluding tert-OH is 1. The van der Waals surface area contributed by atoms with E-state index in [9.17, 15) is 27.5 Å². The fourth-order valence-corrected chi connectivity index (χ4v) is 2.74. The highest BCUT2D eigenvalue weighted by atomic mass is 19.2. The smallest absolute Gasteiger partial charge is 0.317 e. The van der Waals surface area contributed by atoms with Gasteiger partial charge in [-0.1, -0.05) is 6.42 Å². The van der Waals surface area contributed by atoms with E-state index in [2.05, 4.69) is 5.32 Å². The summed E-state index contributed by atoms with van der Waals surface area (Å²) in [6, 6.07) is -0.531. The molecule has 0 aliphatic heterocycles. The standard InChI is InChI=1S/C15H18F4N2O2/c1-21(7-8-3-2-4-12(8)22)15(23)20-6-9-13(18)10(16)5-11(17)14(9)19/h5,8,12,22H,2-4,6-7H2,1H3,(H,20,23)/t8-,12-/m0/s1. The summed E-state index contributed by atoms with van der Waals surface area (Å²) in [5.74, 6) is -6.15. The lowest BCUT2D eigenvalue weighted by Gasteiger charge is -2.23. The molecule has 1 aliphatic rings. The Balaban J connectivity index is 1.96. The molecule has 0 bridgehead atoms. The van der Waals surface area contributed by atoms with Crippen LogP contribution in [0, 0.1) is 29.2 Å². The summed E-state index contributed by atoms with van der Waals surface area (Å²) >= 11 is 0. The molecule has 0 heterocycles. The Bertz CT molecular complexity index is 571. The van der Waals surface area contributed by atoms with Crippen molar-refractivity contribution in [1.82, 2.24) is 10.2 Å². The molecule has 4 nitrogen and oxygen atoms in total. The van der Waals surface area contributed by atoms with Crippen LogP contribution in [0.1, 0.15) is 24.8 Å². The fourth-order valence-electron chi connectivity index (χ4n) is 2.74. The summed E-state index contributed by atoms with van der Waals surface area (Å²) in [4.78, 5) is 13.2. The van der Waals surface area contributed by atoms with Crippen molar-refractivity contribution in [2.45, 2.75) is 31.9 Å². The van der Waals surface area contributed by atoms with Crippen molar-refractivity contribution >= 4 is 6.03 Å². The molecule has 2 rings (SSSR count). The van der Waals surface area contributed by atoms with Crippen molar-refractivity contribution in [2.24, 2.45) is 5.92 Å². The number of benzene rings is 1. The van der Waals surface area contributed by atoms with Crippen molar-refractivity contribution in [3.05, 3.63) is 34.9 Å². The number of halogens is 4. The lowest BCUT2D eigenvalue weighted by Crippen LogP contribution is -2.41. The number of hydrogen-bond acceptors (Lipinski definition) is 2. The summed E-state index contributed by atoms with van der Waals surface area (Å²) in [6.45, 7) is -0.391. The number of hydrogen-bond donors (Lipinski definition) is 2.